The van der Waals surface area contributed by atoms with Gasteiger partial charge in [0.15, 0.2) is 0 Å². The molecule has 1 aliphatic heterocycles. The van der Waals surface area contributed by atoms with Crippen LogP contribution in [0, 0.1) is 0 Å². The minimum absolute atomic E-state index is 0.153. The van der Waals surface area contributed by atoms with Gasteiger partial charge in [0, 0.05) is 6.42 Å². The van der Waals surface area contributed by atoms with Crippen LogP contribution >= 0.6 is 11.8 Å². The summed E-state index contributed by atoms with van der Waals surface area (Å²) in [4.78, 5) is 28.5. The van der Waals surface area contributed by atoms with Gasteiger partial charge in [-0.3, -0.25) is 19.9 Å². The van der Waals surface area contributed by atoms with Crippen LogP contribution in [0.15, 0.2) is 30.3 Å². The summed E-state index contributed by atoms with van der Waals surface area (Å²) < 4.78 is 0. The molecule has 0 radical (unpaired) electrons. The zero-order valence-corrected chi connectivity index (χ0v) is 11.7. The van der Waals surface area contributed by atoms with Crippen molar-refractivity contribution in [1.82, 2.24) is 5.32 Å². The largest absolute Gasteiger partial charge is 0.304 e. The van der Waals surface area contributed by atoms with Crippen LogP contribution in [0.3, 0.4) is 0 Å². The molecule has 1 unspecified atom stereocenters. The molecule has 2 amide bonds. The van der Waals surface area contributed by atoms with E-state index in [1.807, 2.05) is 18.2 Å². The van der Waals surface area contributed by atoms with Crippen molar-refractivity contribution < 1.29 is 14.6 Å². The van der Waals surface area contributed by atoms with Crippen molar-refractivity contribution in [2.45, 2.75) is 11.7 Å². The minimum atomic E-state index is -0.373. The Morgan fingerprint density at radius 3 is 2.63 bits per heavy atom. The molecule has 1 heterocycles. The highest BCUT2D eigenvalue weighted by Gasteiger charge is 2.41. The van der Waals surface area contributed by atoms with Crippen LogP contribution in [-0.4, -0.2) is 36.3 Å². The number of hydrogen-bond donors (Lipinski definition) is 2. The Balaban J connectivity index is 2.18. The third-order valence-corrected chi connectivity index (χ3v) is 4.13. The van der Waals surface area contributed by atoms with E-state index in [9.17, 15) is 9.59 Å². The second-order valence-electron chi connectivity index (χ2n) is 4.04. The van der Waals surface area contributed by atoms with Gasteiger partial charge in [-0.2, -0.15) is 0 Å². The molecule has 1 saturated heterocycles. The zero-order valence-electron chi connectivity index (χ0n) is 10.8. The van der Waals surface area contributed by atoms with Gasteiger partial charge in [0.05, 0.1) is 19.8 Å². The minimum Gasteiger partial charge on any atom is -0.274 e. The van der Waals surface area contributed by atoms with E-state index in [-0.39, 0.29) is 23.5 Å². The molecule has 1 aliphatic rings. The Hall–Kier alpha value is -1.82. The van der Waals surface area contributed by atoms with Crippen LogP contribution in [0.2, 0.25) is 0 Å². The Morgan fingerprint density at radius 2 is 2.05 bits per heavy atom. The summed E-state index contributed by atoms with van der Waals surface area (Å²) in [5.41, 5.74) is 0.635. The summed E-state index contributed by atoms with van der Waals surface area (Å²) in [6, 6.07) is 9.02. The summed E-state index contributed by atoms with van der Waals surface area (Å²) >= 11 is 1.34. The molecule has 0 aliphatic carbocycles. The number of anilines is 1. The number of carbonyl (C=O) groups is 2. The van der Waals surface area contributed by atoms with Gasteiger partial charge in [0.2, 0.25) is 11.8 Å². The zero-order chi connectivity index (χ0) is 13.8. The van der Waals surface area contributed by atoms with Crippen molar-refractivity contribution in [2.75, 3.05) is 19.0 Å². The van der Waals surface area contributed by atoms with Crippen molar-refractivity contribution in [3.63, 3.8) is 0 Å². The molecular weight excluding hydrogens is 262 g/mol. The summed E-state index contributed by atoms with van der Waals surface area (Å²) in [6.07, 6.45) is 0.227. The average molecular weight is 278 g/mol. The van der Waals surface area contributed by atoms with E-state index in [0.717, 1.165) is 5.17 Å². The van der Waals surface area contributed by atoms with E-state index in [1.165, 1.54) is 16.7 Å². The van der Waals surface area contributed by atoms with Crippen molar-refractivity contribution in [2.24, 2.45) is 0 Å². The first-order valence-corrected chi connectivity index (χ1v) is 6.86. The molecule has 19 heavy (non-hydrogen) atoms. The van der Waals surface area contributed by atoms with Gasteiger partial charge in [-0.25, -0.2) is 4.90 Å². The predicted octanol–water partition coefficient (Wildman–Crippen LogP) is -0.662. The van der Waals surface area contributed by atoms with Crippen molar-refractivity contribution in [3.8, 4) is 0 Å². The van der Waals surface area contributed by atoms with Crippen molar-refractivity contribution in [3.05, 3.63) is 30.3 Å². The number of benzene rings is 1. The van der Waals surface area contributed by atoms with Gasteiger partial charge >= 0.3 is 5.17 Å². The van der Waals surface area contributed by atoms with Gasteiger partial charge in [-0.05, 0) is 23.9 Å². The first kappa shape index (κ1) is 13.6. The van der Waals surface area contributed by atoms with Gasteiger partial charge < -0.3 is 0 Å². The second kappa shape index (κ2) is 5.88. The Morgan fingerprint density at radius 1 is 1.37 bits per heavy atom. The monoisotopic (exact) mass is 278 g/mol. The van der Waals surface area contributed by atoms with E-state index in [2.05, 4.69) is 10.3 Å². The third-order valence-electron chi connectivity index (χ3n) is 2.83. The van der Waals surface area contributed by atoms with Crippen LogP contribution in [0.5, 0.6) is 0 Å². The molecule has 0 aromatic heterocycles. The number of para-hydroxylation sites is 1. The van der Waals surface area contributed by atoms with Crippen LogP contribution in [-0.2, 0) is 9.59 Å². The number of imide groups is 1. The lowest BCUT2D eigenvalue weighted by atomic mass is 10.3. The summed E-state index contributed by atoms with van der Waals surface area (Å²) in [7, 11) is 3.55. The number of amidine groups is 1. The maximum atomic E-state index is 12.3. The molecule has 1 atom stereocenters. The molecule has 1 fully saturated rings. The average Bonchev–Trinajstić information content (AvgIpc) is 2.71. The SMILES string of the molecule is CNC(=[NH+]C)SC1CC(=O)N(c2ccccc2)C1=O. The van der Waals surface area contributed by atoms with E-state index < -0.39 is 0 Å². The second-order valence-corrected chi connectivity index (χ2v) is 5.26. The molecular formula is C13H16N3O2S+. The third kappa shape index (κ3) is 2.78. The lowest BCUT2D eigenvalue weighted by Crippen LogP contribution is -2.70. The Kier molecular flexibility index (Phi) is 4.21. The highest BCUT2D eigenvalue weighted by Crippen LogP contribution is 2.28. The lowest BCUT2D eigenvalue weighted by molar-refractivity contribution is -0.418. The first-order valence-electron chi connectivity index (χ1n) is 5.98. The van der Waals surface area contributed by atoms with Crippen LogP contribution in [0.4, 0.5) is 5.69 Å². The summed E-state index contributed by atoms with van der Waals surface area (Å²) in [5, 5.41) is 3.36. The summed E-state index contributed by atoms with van der Waals surface area (Å²) in [6.45, 7) is 0. The molecule has 0 spiro atoms. The lowest BCUT2D eigenvalue weighted by Gasteiger charge is -2.14. The Bertz CT molecular complexity index is 516. The molecule has 2 N–H and O–H groups in total. The molecule has 5 nitrogen and oxygen atoms in total. The number of hydrogen-bond acceptors (Lipinski definition) is 3. The molecule has 6 heteroatoms. The van der Waals surface area contributed by atoms with Gasteiger partial charge in [-0.15, -0.1) is 0 Å². The molecule has 2 rings (SSSR count). The number of amides is 2. The van der Waals surface area contributed by atoms with E-state index in [4.69, 9.17) is 0 Å². The van der Waals surface area contributed by atoms with Crippen LogP contribution in [0.25, 0.3) is 0 Å². The smallest absolute Gasteiger partial charge is 0.274 e. The number of nitrogens with one attached hydrogen (secondary N) is 2. The molecule has 100 valence electrons. The fraction of sp³-hybridized carbons (Fsp3) is 0.308. The normalized spacial score (nSPS) is 20.0. The van der Waals surface area contributed by atoms with Gasteiger partial charge in [-0.1, -0.05) is 18.2 Å². The van der Waals surface area contributed by atoms with E-state index in [0.29, 0.717) is 5.69 Å². The quantitative estimate of drug-likeness (QED) is 0.428. The fourth-order valence-corrected chi connectivity index (χ4v) is 2.88. The molecule has 0 bridgehead atoms. The number of rotatable bonds is 2. The highest BCUT2D eigenvalue weighted by atomic mass is 32.2. The van der Waals surface area contributed by atoms with Crippen molar-refractivity contribution in [1.29, 1.82) is 0 Å². The van der Waals surface area contributed by atoms with E-state index in [1.54, 1.807) is 26.2 Å². The number of carbonyl (C=O) groups excluding carboxylic acids is 2. The number of thioether (sulfide) groups is 1. The topological polar surface area (TPSA) is 63.4 Å². The molecule has 1 aromatic rings. The molecule has 1 aromatic carbocycles. The van der Waals surface area contributed by atoms with Crippen LogP contribution in [0.1, 0.15) is 6.42 Å². The maximum Gasteiger partial charge on any atom is 0.304 e. The van der Waals surface area contributed by atoms with Crippen LogP contribution < -0.4 is 15.2 Å². The van der Waals surface area contributed by atoms with E-state index >= 15 is 0 Å². The fourth-order valence-electron chi connectivity index (χ4n) is 1.93. The standard InChI is InChI=1S/C13H15N3O2S/c1-14-13(15-2)19-10-8-11(17)16(12(10)18)9-6-4-3-5-7-9/h3-7,10H,8H2,1-2H3,(H,14,15)/p+1. The van der Waals surface area contributed by atoms with Gasteiger partial charge in [0.25, 0.3) is 0 Å². The first-order chi connectivity index (χ1) is 9.17. The number of nitrogens with zero attached hydrogens (tertiary/aromatic N) is 1. The van der Waals surface area contributed by atoms with Crippen molar-refractivity contribution >= 4 is 34.4 Å². The highest BCUT2D eigenvalue weighted by molar-refractivity contribution is 8.14. The Labute approximate surface area is 116 Å². The predicted molar refractivity (Wildman–Crippen MR) is 75.9 cm³/mol. The molecule has 0 saturated carbocycles. The summed E-state index contributed by atoms with van der Waals surface area (Å²) in [5.74, 6) is -0.315. The van der Waals surface area contributed by atoms with Gasteiger partial charge in [0.1, 0.15) is 5.25 Å². The maximum absolute atomic E-state index is 12.3.